The second kappa shape index (κ2) is 7.47. The summed E-state index contributed by atoms with van der Waals surface area (Å²) in [5.74, 6) is -5.13. The van der Waals surface area contributed by atoms with Gasteiger partial charge >= 0.3 is 5.97 Å². The fraction of sp³-hybridized carbons (Fsp3) is 0.375. The van der Waals surface area contributed by atoms with Crippen LogP contribution in [0.4, 0.5) is 5.00 Å². The first-order valence-electron chi connectivity index (χ1n) is 7.46. The van der Waals surface area contributed by atoms with Gasteiger partial charge in [0.1, 0.15) is 5.00 Å². The Labute approximate surface area is 147 Å². The van der Waals surface area contributed by atoms with Gasteiger partial charge in [0.05, 0.1) is 23.5 Å². The van der Waals surface area contributed by atoms with Crippen LogP contribution in [0, 0.1) is 18.8 Å². The maximum atomic E-state index is 12.5. The molecule has 0 saturated carbocycles. The number of thiophene rings is 1. The van der Waals surface area contributed by atoms with Crippen molar-refractivity contribution in [3.63, 3.8) is 0 Å². The van der Waals surface area contributed by atoms with Crippen LogP contribution in [-0.2, 0) is 14.3 Å². The molecule has 2 atom stereocenters. The van der Waals surface area contributed by atoms with E-state index >= 15 is 0 Å². The Morgan fingerprint density at radius 1 is 1.24 bits per heavy atom. The number of ether oxygens (including phenoxy) is 1. The molecule has 3 N–H and O–H groups in total. The maximum absolute atomic E-state index is 12.5. The average Bonchev–Trinajstić information content (AvgIpc) is 2.90. The zero-order valence-electron chi connectivity index (χ0n) is 13.7. The van der Waals surface area contributed by atoms with Crippen molar-refractivity contribution < 1.29 is 29.0 Å². The van der Waals surface area contributed by atoms with Crippen LogP contribution in [-0.4, -0.2) is 30.9 Å². The number of carbonyl (C=O) groups is 4. The molecule has 0 aromatic carbocycles. The summed E-state index contributed by atoms with van der Waals surface area (Å²) in [6, 6.07) is 0. The van der Waals surface area contributed by atoms with Gasteiger partial charge in [0.25, 0.3) is 5.91 Å². The molecule has 0 aliphatic heterocycles. The van der Waals surface area contributed by atoms with Crippen molar-refractivity contribution in [3.8, 4) is 0 Å². The van der Waals surface area contributed by atoms with Crippen LogP contribution in [0.3, 0.4) is 0 Å². The van der Waals surface area contributed by atoms with Gasteiger partial charge in [-0.15, -0.1) is 11.3 Å². The fourth-order valence-corrected chi connectivity index (χ4v) is 3.80. The lowest BCUT2D eigenvalue weighted by Crippen LogP contribution is -2.41. The van der Waals surface area contributed by atoms with Gasteiger partial charge in [-0.2, -0.15) is 0 Å². The van der Waals surface area contributed by atoms with E-state index in [9.17, 15) is 24.3 Å². The molecular formula is C16H17N2O6S-. The molecule has 1 aromatic heterocycles. The lowest BCUT2D eigenvalue weighted by atomic mass is 9.82. The number of methoxy groups -OCH3 is 1. The Morgan fingerprint density at radius 3 is 2.36 bits per heavy atom. The summed E-state index contributed by atoms with van der Waals surface area (Å²) in [6.45, 7) is 1.52. The normalized spacial score (nSPS) is 19.3. The van der Waals surface area contributed by atoms with E-state index in [4.69, 9.17) is 5.73 Å². The Morgan fingerprint density at radius 2 is 1.84 bits per heavy atom. The Balaban J connectivity index is 2.35. The van der Waals surface area contributed by atoms with Crippen molar-refractivity contribution in [2.75, 3.05) is 12.4 Å². The number of amides is 2. The number of allylic oxidation sites excluding steroid dienone is 2. The molecule has 0 bridgehead atoms. The molecule has 0 radical (unpaired) electrons. The molecule has 134 valence electrons. The monoisotopic (exact) mass is 365 g/mol. The molecule has 0 fully saturated rings. The van der Waals surface area contributed by atoms with Crippen molar-refractivity contribution in [3.05, 3.63) is 28.2 Å². The summed E-state index contributed by atoms with van der Waals surface area (Å²) >= 11 is 0.851. The van der Waals surface area contributed by atoms with Crippen LogP contribution in [0.15, 0.2) is 12.2 Å². The van der Waals surface area contributed by atoms with E-state index in [1.807, 2.05) is 0 Å². The van der Waals surface area contributed by atoms with Gasteiger partial charge in [-0.05, 0) is 25.3 Å². The van der Waals surface area contributed by atoms with Crippen molar-refractivity contribution in [2.24, 2.45) is 17.6 Å². The standard InChI is InChI=1S/C16H18N2O6S/c1-7-10(16(23)24-2)14(25-11(7)12(17)19)18-13(20)8-5-3-4-6-9(8)15(21)22/h3-4,8-9H,5-6H2,1-2H3,(H2,17,19)(H,18,20)(H,21,22)/p-1. The number of primary amides is 1. The lowest BCUT2D eigenvalue weighted by Gasteiger charge is -2.28. The smallest absolute Gasteiger partial charge is 0.341 e. The number of aliphatic carboxylic acids is 1. The first kappa shape index (κ1) is 18.7. The molecule has 1 heterocycles. The van der Waals surface area contributed by atoms with E-state index in [1.165, 1.54) is 14.0 Å². The molecule has 2 rings (SSSR count). The van der Waals surface area contributed by atoms with E-state index in [-0.39, 0.29) is 28.3 Å². The van der Waals surface area contributed by atoms with Crippen LogP contribution < -0.4 is 16.2 Å². The minimum Gasteiger partial charge on any atom is -0.550 e. The van der Waals surface area contributed by atoms with Gasteiger partial charge < -0.3 is 25.7 Å². The molecule has 8 nitrogen and oxygen atoms in total. The number of hydrogen-bond acceptors (Lipinski definition) is 7. The number of esters is 1. The summed E-state index contributed by atoms with van der Waals surface area (Å²) in [7, 11) is 1.17. The largest absolute Gasteiger partial charge is 0.550 e. The second-order valence-corrected chi connectivity index (χ2v) is 6.60. The third-order valence-electron chi connectivity index (χ3n) is 4.07. The second-order valence-electron chi connectivity index (χ2n) is 5.58. The Bertz CT molecular complexity index is 767. The summed E-state index contributed by atoms with van der Waals surface area (Å²) in [5.41, 5.74) is 5.62. The van der Waals surface area contributed by atoms with Crippen molar-refractivity contribution in [2.45, 2.75) is 19.8 Å². The zero-order chi connectivity index (χ0) is 18.7. The first-order valence-corrected chi connectivity index (χ1v) is 8.27. The van der Waals surface area contributed by atoms with Crippen LogP contribution in [0.5, 0.6) is 0 Å². The molecule has 25 heavy (non-hydrogen) atoms. The predicted octanol–water partition coefficient (Wildman–Crippen LogP) is 0.213. The summed E-state index contributed by atoms with van der Waals surface area (Å²) in [5, 5.41) is 13.9. The minimum atomic E-state index is -1.31. The SMILES string of the molecule is COC(=O)c1c(NC(=O)C2CC=CCC2C(=O)[O-])sc(C(N)=O)c1C. The van der Waals surface area contributed by atoms with Gasteiger partial charge in [-0.3, -0.25) is 9.59 Å². The van der Waals surface area contributed by atoms with E-state index < -0.39 is 35.6 Å². The van der Waals surface area contributed by atoms with Crippen molar-refractivity contribution >= 4 is 40.1 Å². The highest BCUT2D eigenvalue weighted by atomic mass is 32.1. The van der Waals surface area contributed by atoms with E-state index in [0.29, 0.717) is 5.56 Å². The van der Waals surface area contributed by atoms with E-state index in [2.05, 4.69) is 10.1 Å². The lowest BCUT2D eigenvalue weighted by molar-refractivity contribution is -0.313. The third-order valence-corrected chi connectivity index (χ3v) is 5.29. The van der Waals surface area contributed by atoms with E-state index in [1.54, 1.807) is 12.2 Å². The van der Waals surface area contributed by atoms with Crippen LogP contribution >= 0.6 is 11.3 Å². The summed E-state index contributed by atoms with van der Waals surface area (Å²) in [4.78, 5) is 47.4. The van der Waals surface area contributed by atoms with Gasteiger partial charge in [0.15, 0.2) is 0 Å². The van der Waals surface area contributed by atoms with Crippen LogP contribution in [0.1, 0.15) is 38.4 Å². The highest BCUT2D eigenvalue weighted by molar-refractivity contribution is 7.18. The summed E-state index contributed by atoms with van der Waals surface area (Å²) < 4.78 is 4.69. The molecule has 1 aromatic rings. The fourth-order valence-electron chi connectivity index (χ4n) is 2.75. The van der Waals surface area contributed by atoms with Gasteiger partial charge in [-0.1, -0.05) is 12.2 Å². The molecule has 9 heteroatoms. The highest BCUT2D eigenvalue weighted by Crippen LogP contribution is 2.35. The number of carbonyl (C=O) groups excluding carboxylic acids is 4. The maximum Gasteiger partial charge on any atom is 0.341 e. The number of hydrogen-bond donors (Lipinski definition) is 2. The first-order chi connectivity index (χ1) is 11.8. The number of nitrogens with one attached hydrogen (secondary N) is 1. The predicted molar refractivity (Wildman–Crippen MR) is 87.9 cm³/mol. The van der Waals surface area contributed by atoms with Gasteiger partial charge in [0, 0.05) is 11.9 Å². The number of rotatable bonds is 5. The average molecular weight is 365 g/mol. The third kappa shape index (κ3) is 3.71. The molecule has 0 spiro atoms. The molecular weight excluding hydrogens is 348 g/mol. The Hall–Kier alpha value is -2.68. The van der Waals surface area contributed by atoms with Gasteiger partial charge in [0.2, 0.25) is 5.91 Å². The number of carboxylic acids is 1. The topological polar surface area (TPSA) is 139 Å². The zero-order valence-corrected chi connectivity index (χ0v) is 14.5. The van der Waals surface area contributed by atoms with Crippen LogP contribution in [0.2, 0.25) is 0 Å². The molecule has 0 saturated heterocycles. The minimum absolute atomic E-state index is 0.0333. The molecule has 1 aliphatic carbocycles. The quantitative estimate of drug-likeness (QED) is 0.565. The number of carboxylic acid groups (broad SMARTS) is 1. The van der Waals surface area contributed by atoms with Gasteiger partial charge in [-0.25, -0.2) is 4.79 Å². The molecule has 2 amide bonds. The molecule has 2 unspecified atom stereocenters. The van der Waals surface area contributed by atoms with Crippen LogP contribution in [0.25, 0.3) is 0 Å². The summed E-state index contributed by atoms with van der Waals surface area (Å²) in [6.07, 6.45) is 3.84. The van der Waals surface area contributed by atoms with E-state index in [0.717, 1.165) is 11.3 Å². The van der Waals surface area contributed by atoms with Crippen molar-refractivity contribution in [1.29, 1.82) is 0 Å². The van der Waals surface area contributed by atoms with Crippen molar-refractivity contribution in [1.82, 2.24) is 0 Å². The molecule has 1 aliphatic rings. The highest BCUT2D eigenvalue weighted by Gasteiger charge is 2.32. The number of anilines is 1. The number of nitrogens with two attached hydrogens (primary N) is 1. The Kier molecular flexibility index (Phi) is 5.58.